The minimum Gasteiger partial charge on any atom is -0.481 e. The lowest BCUT2D eigenvalue weighted by Crippen LogP contribution is -2.43. The summed E-state index contributed by atoms with van der Waals surface area (Å²) in [6.07, 6.45) is -0.457. The number of carbonyl (C=O) groups is 2. The molecule has 0 bridgehead atoms. The number of carboxylic acid groups (broad SMARTS) is 1. The van der Waals surface area contributed by atoms with Crippen LogP contribution in [0, 0.1) is 5.41 Å². The molecular formula is C13H23NO5. The summed E-state index contributed by atoms with van der Waals surface area (Å²) in [6, 6.07) is 0. The van der Waals surface area contributed by atoms with Crippen LogP contribution in [0.4, 0.5) is 4.79 Å². The first-order valence-corrected chi connectivity index (χ1v) is 6.39. The second-order valence-corrected chi connectivity index (χ2v) is 6.34. The number of aliphatic carboxylic acids is 1. The van der Waals surface area contributed by atoms with Gasteiger partial charge in [-0.15, -0.1) is 0 Å². The Bertz CT molecular complexity index is 349. The fourth-order valence-electron chi connectivity index (χ4n) is 2.03. The van der Waals surface area contributed by atoms with Crippen LogP contribution >= 0.6 is 0 Å². The Morgan fingerprint density at radius 1 is 1.42 bits per heavy atom. The molecule has 1 aliphatic rings. The van der Waals surface area contributed by atoms with Gasteiger partial charge in [-0.1, -0.05) is 6.92 Å². The maximum Gasteiger partial charge on any atom is 0.410 e. The molecule has 1 unspecified atom stereocenters. The minimum absolute atomic E-state index is 0.0354. The number of amides is 1. The van der Waals surface area contributed by atoms with Gasteiger partial charge in [0.25, 0.3) is 0 Å². The van der Waals surface area contributed by atoms with Gasteiger partial charge in [0.15, 0.2) is 0 Å². The molecule has 1 fully saturated rings. The normalized spacial score (nSPS) is 24.7. The number of carbonyl (C=O) groups excluding carboxylic acids is 1. The first-order chi connectivity index (χ1) is 8.61. The smallest absolute Gasteiger partial charge is 0.410 e. The molecule has 0 aromatic rings. The predicted molar refractivity (Wildman–Crippen MR) is 69.0 cm³/mol. The van der Waals surface area contributed by atoms with E-state index < -0.39 is 23.1 Å². The van der Waals surface area contributed by atoms with Gasteiger partial charge in [0.05, 0.1) is 19.6 Å². The second-order valence-electron chi connectivity index (χ2n) is 6.34. The highest BCUT2D eigenvalue weighted by atomic mass is 16.6. The van der Waals surface area contributed by atoms with Gasteiger partial charge < -0.3 is 19.5 Å². The zero-order valence-electron chi connectivity index (χ0n) is 12.1. The molecule has 0 spiro atoms. The quantitative estimate of drug-likeness (QED) is 0.829. The zero-order chi connectivity index (χ0) is 14.7. The summed E-state index contributed by atoms with van der Waals surface area (Å²) in [6.45, 7) is 8.69. The standard InChI is InChI=1S/C13H23NO5/c1-12(2,3)19-11(17)14-5-6-18-9-13(4,8-14)7-10(15)16/h5-9H2,1-4H3,(H,15,16). The summed E-state index contributed by atoms with van der Waals surface area (Å²) in [5.41, 5.74) is -1.15. The Morgan fingerprint density at radius 3 is 2.58 bits per heavy atom. The van der Waals surface area contributed by atoms with Gasteiger partial charge in [-0.25, -0.2) is 4.79 Å². The lowest BCUT2D eigenvalue weighted by molar-refractivity contribution is -0.140. The zero-order valence-corrected chi connectivity index (χ0v) is 12.1. The number of ether oxygens (including phenoxy) is 2. The number of rotatable bonds is 2. The molecule has 0 aromatic carbocycles. The van der Waals surface area contributed by atoms with E-state index in [0.29, 0.717) is 26.3 Å². The van der Waals surface area contributed by atoms with Crippen molar-refractivity contribution in [3.63, 3.8) is 0 Å². The Morgan fingerprint density at radius 2 is 2.05 bits per heavy atom. The molecule has 0 radical (unpaired) electrons. The Kier molecular flexibility index (Phi) is 4.79. The third-order valence-electron chi connectivity index (χ3n) is 2.76. The Balaban J connectivity index is 2.73. The van der Waals surface area contributed by atoms with Crippen molar-refractivity contribution < 1.29 is 24.2 Å². The van der Waals surface area contributed by atoms with Crippen molar-refractivity contribution in [3.05, 3.63) is 0 Å². The molecule has 110 valence electrons. The monoisotopic (exact) mass is 273 g/mol. The molecule has 0 aliphatic carbocycles. The van der Waals surface area contributed by atoms with Gasteiger partial charge in [0.1, 0.15) is 5.60 Å². The molecule has 1 heterocycles. The number of hydrogen-bond acceptors (Lipinski definition) is 4. The van der Waals surface area contributed by atoms with Crippen LogP contribution in [0.2, 0.25) is 0 Å². The number of hydrogen-bond donors (Lipinski definition) is 1. The van der Waals surface area contributed by atoms with Gasteiger partial charge in [-0.2, -0.15) is 0 Å². The second kappa shape index (κ2) is 5.77. The van der Waals surface area contributed by atoms with Crippen molar-refractivity contribution in [1.29, 1.82) is 0 Å². The maximum atomic E-state index is 12.0. The van der Waals surface area contributed by atoms with Crippen molar-refractivity contribution >= 4 is 12.1 Å². The highest BCUT2D eigenvalue weighted by molar-refractivity contribution is 5.69. The lowest BCUT2D eigenvalue weighted by atomic mass is 9.87. The average molecular weight is 273 g/mol. The molecule has 0 aromatic heterocycles. The molecule has 6 heteroatoms. The van der Waals surface area contributed by atoms with E-state index in [2.05, 4.69) is 0 Å². The highest BCUT2D eigenvalue weighted by Gasteiger charge is 2.35. The van der Waals surface area contributed by atoms with E-state index in [1.54, 1.807) is 20.8 Å². The van der Waals surface area contributed by atoms with Gasteiger partial charge in [0, 0.05) is 18.5 Å². The van der Waals surface area contributed by atoms with E-state index in [1.807, 2.05) is 6.92 Å². The minimum atomic E-state index is -0.892. The van der Waals surface area contributed by atoms with Crippen LogP contribution in [0.3, 0.4) is 0 Å². The number of nitrogens with zero attached hydrogens (tertiary/aromatic N) is 1. The fraction of sp³-hybridized carbons (Fsp3) is 0.846. The molecular weight excluding hydrogens is 250 g/mol. The lowest BCUT2D eigenvalue weighted by Gasteiger charge is -2.32. The first-order valence-electron chi connectivity index (χ1n) is 6.39. The van der Waals surface area contributed by atoms with Crippen LogP contribution in [-0.4, -0.2) is 54.0 Å². The van der Waals surface area contributed by atoms with Crippen molar-refractivity contribution in [2.75, 3.05) is 26.3 Å². The van der Waals surface area contributed by atoms with Gasteiger partial charge >= 0.3 is 12.1 Å². The van der Waals surface area contributed by atoms with Crippen molar-refractivity contribution in [3.8, 4) is 0 Å². The van der Waals surface area contributed by atoms with E-state index >= 15 is 0 Å². The highest BCUT2D eigenvalue weighted by Crippen LogP contribution is 2.26. The van der Waals surface area contributed by atoms with Crippen LogP contribution in [0.25, 0.3) is 0 Å². The molecule has 1 N–H and O–H groups in total. The Hall–Kier alpha value is -1.30. The third kappa shape index (κ3) is 5.46. The van der Waals surface area contributed by atoms with E-state index in [-0.39, 0.29) is 6.42 Å². The summed E-state index contributed by atoms with van der Waals surface area (Å²) in [5, 5.41) is 8.94. The van der Waals surface area contributed by atoms with Gasteiger partial charge in [-0.05, 0) is 20.8 Å². The largest absolute Gasteiger partial charge is 0.481 e. The van der Waals surface area contributed by atoms with Crippen LogP contribution in [0.1, 0.15) is 34.1 Å². The molecule has 1 amide bonds. The van der Waals surface area contributed by atoms with Crippen LogP contribution in [0.5, 0.6) is 0 Å². The van der Waals surface area contributed by atoms with Crippen LogP contribution in [0.15, 0.2) is 0 Å². The van der Waals surface area contributed by atoms with Crippen molar-refractivity contribution in [2.45, 2.75) is 39.7 Å². The number of carboxylic acids is 1. The molecule has 1 aliphatic heterocycles. The Labute approximate surface area is 113 Å². The molecule has 1 saturated heterocycles. The van der Waals surface area contributed by atoms with E-state index in [9.17, 15) is 9.59 Å². The summed E-state index contributed by atoms with van der Waals surface area (Å²) >= 11 is 0. The summed E-state index contributed by atoms with van der Waals surface area (Å²) in [5.74, 6) is -0.892. The average Bonchev–Trinajstić information content (AvgIpc) is 2.36. The van der Waals surface area contributed by atoms with E-state index in [1.165, 1.54) is 4.90 Å². The van der Waals surface area contributed by atoms with Gasteiger partial charge in [-0.3, -0.25) is 4.79 Å². The van der Waals surface area contributed by atoms with Crippen LogP contribution < -0.4 is 0 Å². The molecule has 0 saturated carbocycles. The van der Waals surface area contributed by atoms with E-state index in [4.69, 9.17) is 14.6 Å². The first kappa shape index (κ1) is 15.8. The van der Waals surface area contributed by atoms with Crippen molar-refractivity contribution in [1.82, 2.24) is 4.90 Å². The summed E-state index contributed by atoms with van der Waals surface area (Å²) in [7, 11) is 0. The maximum absolute atomic E-state index is 12.0. The van der Waals surface area contributed by atoms with E-state index in [0.717, 1.165) is 0 Å². The third-order valence-corrected chi connectivity index (χ3v) is 2.76. The topological polar surface area (TPSA) is 76.1 Å². The predicted octanol–water partition coefficient (Wildman–Crippen LogP) is 1.73. The summed E-state index contributed by atoms with van der Waals surface area (Å²) < 4.78 is 10.7. The van der Waals surface area contributed by atoms with Crippen LogP contribution in [-0.2, 0) is 14.3 Å². The summed E-state index contributed by atoms with van der Waals surface area (Å²) in [4.78, 5) is 24.5. The van der Waals surface area contributed by atoms with Crippen molar-refractivity contribution in [2.24, 2.45) is 5.41 Å². The van der Waals surface area contributed by atoms with Gasteiger partial charge in [0.2, 0.25) is 0 Å². The SMILES string of the molecule is CC1(CC(=O)O)COCCN(C(=O)OC(C)(C)C)C1. The molecule has 19 heavy (non-hydrogen) atoms. The molecule has 1 rings (SSSR count). The fourth-order valence-corrected chi connectivity index (χ4v) is 2.03. The molecule has 1 atom stereocenters. The molecule has 6 nitrogen and oxygen atoms in total.